The number of hydrogen-bond acceptors (Lipinski definition) is 5. The van der Waals surface area contributed by atoms with E-state index in [0.717, 1.165) is 18.7 Å². The first-order valence-corrected chi connectivity index (χ1v) is 7.78. The van der Waals surface area contributed by atoms with Crippen LogP contribution in [-0.4, -0.2) is 48.8 Å². The van der Waals surface area contributed by atoms with Crippen molar-refractivity contribution in [1.29, 1.82) is 0 Å². The van der Waals surface area contributed by atoms with Gasteiger partial charge in [0.2, 0.25) is 0 Å². The number of nitrogens with zero attached hydrogens (tertiary/aromatic N) is 2. The second-order valence-electron chi connectivity index (χ2n) is 5.56. The van der Waals surface area contributed by atoms with E-state index >= 15 is 0 Å². The number of amides is 1. The zero-order valence-corrected chi connectivity index (χ0v) is 13.5. The highest BCUT2D eigenvalue weighted by Crippen LogP contribution is 2.24. The molecule has 0 radical (unpaired) electrons. The molecule has 1 amide bonds. The summed E-state index contributed by atoms with van der Waals surface area (Å²) in [5, 5.41) is 7.32. The molecule has 0 saturated carbocycles. The molecular formula is C16H18ClN3O3. The molecule has 1 N–H and O–H groups in total. The van der Waals surface area contributed by atoms with Gasteiger partial charge < -0.3 is 19.5 Å². The maximum atomic E-state index is 12.4. The van der Waals surface area contributed by atoms with Gasteiger partial charge in [0.15, 0.2) is 5.69 Å². The van der Waals surface area contributed by atoms with Gasteiger partial charge in [0.25, 0.3) is 5.91 Å². The third-order valence-electron chi connectivity index (χ3n) is 3.85. The molecule has 2 atom stereocenters. The molecule has 23 heavy (non-hydrogen) atoms. The Morgan fingerprint density at radius 1 is 1.39 bits per heavy atom. The summed E-state index contributed by atoms with van der Waals surface area (Å²) in [6, 6.07) is 8.64. The van der Waals surface area contributed by atoms with Crippen LogP contribution in [0.5, 0.6) is 0 Å². The number of nitrogens with one attached hydrogen (secondary N) is 1. The van der Waals surface area contributed by atoms with Crippen molar-refractivity contribution in [3.8, 4) is 0 Å². The first kappa shape index (κ1) is 16.0. The van der Waals surface area contributed by atoms with Gasteiger partial charge in [-0.15, -0.1) is 0 Å². The Balaban J connectivity index is 1.83. The Labute approximate surface area is 139 Å². The molecule has 1 saturated heterocycles. The molecule has 2 aromatic rings. The average molecular weight is 336 g/mol. The predicted octanol–water partition coefficient (Wildman–Crippen LogP) is 2.13. The minimum Gasteiger partial charge on any atom is -0.373 e. The number of rotatable bonds is 4. The first-order chi connectivity index (χ1) is 11.1. The van der Waals surface area contributed by atoms with Gasteiger partial charge in [-0.05, 0) is 24.7 Å². The summed E-state index contributed by atoms with van der Waals surface area (Å²) in [4.78, 5) is 14.5. The van der Waals surface area contributed by atoms with Crippen molar-refractivity contribution >= 4 is 17.5 Å². The minimum atomic E-state index is -0.296. The van der Waals surface area contributed by atoms with Crippen LogP contribution in [0.2, 0.25) is 5.02 Å². The quantitative estimate of drug-likeness (QED) is 0.927. The highest BCUT2D eigenvalue weighted by molar-refractivity contribution is 6.30. The van der Waals surface area contributed by atoms with Crippen LogP contribution >= 0.6 is 11.6 Å². The molecule has 3 rings (SSSR count). The zero-order chi connectivity index (χ0) is 16.2. The van der Waals surface area contributed by atoms with Crippen LogP contribution in [0.25, 0.3) is 0 Å². The summed E-state index contributed by atoms with van der Waals surface area (Å²) >= 11 is 5.96. The van der Waals surface area contributed by atoms with Gasteiger partial charge in [0.1, 0.15) is 6.26 Å². The molecule has 1 fully saturated rings. The molecule has 6 nitrogen and oxygen atoms in total. The summed E-state index contributed by atoms with van der Waals surface area (Å²) in [5.74, 6) is -0.296. The first-order valence-electron chi connectivity index (χ1n) is 7.40. The minimum absolute atomic E-state index is 0.147. The van der Waals surface area contributed by atoms with Gasteiger partial charge in [0.05, 0.1) is 18.8 Å². The lowest BCUT2D eigenvalue weighted by atomic mass is 9.99. The molecular weight excluding hydrogens is 318 g/mol. The van der Waals surface area contributed by atoms with Gasteiger partial charge in [-0.2, -0.15) is 0 Å². The van der Waals surface area contributed by atoms with E-state index in [2.05, 4.69) is 15.4 Å². The van der Waals surface area contributed by atoms with Crippen molar-refractivity contribution in [2.24, 2.45) is 0 Å². The summed E-state index contributed by atoms with van der Waals surface area (Å²) < 4.78 is 10.6. The Hall–Kier alpha value is -1.89. The maximum Gasteiger partial charge on any atom is 0.274 e. The van der Waals surface area contributed by atoms with Crippen LogP contribution in [0.3, 0.4) is 0 Å². The third-order valence-corrected chi connectivity index (χ3v) is 4.11. The summed E-state index contributed by atoms with van der Waals surface area (Å²) in [6.45, 7) is 2.23. The Kier molecular flexibility index (Phi) is 4.95. The topological polar surface area (TPSA) is 67.6 Å². The number of morpholine rings is 1. The van der Waals surface area contributed by atoms with Gasteiger partial charge in [-0.3, -0.25) is 4.79 Å². The van der Waals surface area contributed by atoms with E-state index < -0.39 is 0 Å². The molecule has 1 aromatic carbocycles. The van der Waals surface area contributed by atoms with E-state index in [9.17, 15) is 4.79 Å². The highest BCUT2D eigenvalue weighted by atomic mass is 35.5. The number of hydrogen-bond donors (Lipinski definition) is 1. The van der Waals surface area contributed by atoms with Gasteiger partial charge >= 0.3 is 0 Å². The smallest absolute Gasteiger partial charge is 0.274 e. The SMILES string of the molecule is CN1CCO[C@H]([C@H](NC(=O)c2ccon2)c2ccc(Cl)cc2)C1. The van der Waals surface area contributed by atoms with E-state index in [-0.39, 0.29) is 23.7 Å². The molecule has 7 heteroatoms. The van der Waals surface area contributed by atoms with E-state index in [4.69, 9.17) is 20.9 Å². The van der Waals surface area contributed by atoms with E-state index in [1.54, 1.807) is 12.1 Å². The number of halogens is 1. The van der Waals surface area contributed by atoms with Crippen molar-refractivity contribution in [3.05, 3.63) is 52.9 Å². The fraction of sp³-hybridized carbons (Fsp3) is 0.375. The monoisotopic (exact) mass is 335 g/mol. The zero-order valence-electron chi connectivity index (χ0n) is 12.7. The lowest BCUT2D eigenvalue weighted by Crippen LogP contribution is -2.48. The molecule has 1 aliphatic heterocycles. The standard InChI is InChI=1S/C16H18ClN3O3/c1-20-7-9-22-14(10-20)15(11-2-4-12(17)5-3-11)18-16(21)13-6-8-23-19-13/h2-6,8,14-15H,7,9-10H2,1H3,(H,18,21)/t14-,15+/m0/s1. The van der Waals surface area contributed by atoms with E-state index in [0.29, 0.717) is 11.6 Å². The summed E-state index contributed by atoms with van der Waals surface area (Å²) in [6.07, 6.45) is 1.22. The van der Waals surface area contributed by atoms with Crippen molar-refractivity contribution in [2.75, 3.05) is 26.7 Å². The van der Waals surface area contributed by atoms with Crippen LogP contribution < -0.4 is 5.32 Å². The third kappa shape index (κ3) is 3.90. The predicted molar refractivity (Wildman–Crippen MR) is 85.4 cm³/mol. The largest absolute Gasteiger partial charge is 0.373 e. The van der Waals surface area contributed by atoms with Crippen LogP contribution in [0.1, 0.15) is 22.1 Å². The number of aromatic nitrogens is 1. The fourth-order valence-electron chi connectivity index (χ4n) is 2.62. The maximum absolute atomic E-state index is 12.4. The van der Waals surface area contributed by atoms with Crippen molar-refractivity contribution in [2.45, 2.75) is 12.1 Å². The molecule has 1 aromatic heterocycles. The van der Waals surface area contributed by atoms with Crippen molar-refractivity contribution in [1.82, 2.24) is 15.4 Å². The van der Waals surface area contributed by atoms with Crippen LogP contribution in [0.15, 0.2) is 41.1 Å². The number of carbonyl (C=O) groups is 1. The second kappa shape index (κ2) is 7.12. The Bertz CT molecular complexity index is 645. The highest BCUT2D eigenvalue weighted by Gasteiger charge is 2.30. The summed E-state index contributed by atoms with van der Waals surface area (Å²) in [7, 11) is 2.04. The number of carbonyl (C=O) groups excluding carboxylic acids is 1. The lowest BCUT2D eigenvalue weighted by molar-refractivity contribution is -0.0381. The van der Waals surface area contributed by atoms with Gasteiger partial charge in [0, 0.05) is 24.2 Å². The normalized spacial score (nSPS) is 20.2. The summed E-state index contributed by atoms with van der Waals surface area (Å²) in [5.41, 5.74) is 1.18. The number of ether oxygens (including phenoxy) is 1. The molecule has 0 unspecified atom stereocenters. The van der Waals surface area contributed by atoms with Crippen molar-refractivity contribution < 1.29 is 14.1 Å². The van der Waals surface area contributed by atoms with E-state index in [1.165, 1.54) is 12.3 Å². The molecule has 0 aliphatic carbocycles. The van der Waals surface area contributed by atoms with Gasteiger partial charge in [-0.1, -0.05) is 28.9 Å². The molecule has 1 aliphatic rings. The van der Waals surface area contributed by atoms with Gasteiger partial charge in [-0.25, -0.2) is 0 Å². The fourth-order valence-corrected chi connectivity index (χ4v) is 2.74. The Morgan fingerprint density at radius 3 is 2.83 bits per heavy atom. The average Bonchev–Trinajstić information content (AvgIpc) is 3.08. The number of benzene rings is 1. The van der Waals surface area contributed by atoms with Crippen LogP contribution in [0, 0.1) is 0 Å². The second-order valence-corrected chi connectivity index (χ2v) is 6.00. The Morgan fingerprint density at radius 2 is 2.17 bits per heavy atom. The van der Waals surface area contributed by atoms with Crippen LogP contribution in [0.4, 0.5) is 0 Å². The number of likely N-dealkylation sites (N-methyl/N-ethyl adjacent to an activating group) is 1. The molecule has 0 spiro atoms. The molecule has 122 valence electrons. The van der Waals surface area contributed by atoms with Crippen LogP contribution in [-0.2, 0) is 4.74 Å². The molecule has 2 heterocycles. The molecule has 0 bridgehead atoms. The van der Waals surface area contributed by atoms with E-state index in [1.807, 2.05) is 19.2 Å². The van der Waals surface area contributed by atoms with Crippen molar-refractivity contribution in [3.63, 3.8) is 0 Å². The lowest BCUT2D eigenvalue weighted by Gasteiger charge is -2.35.